The number of aliphatic hydroxyl groups is 1. The Morgan fingerprint density at radius 2 is 2.00 bits per heavy atom. The Hall–Kier alpha value is -4.05. The Morgan fingerprint density at radius 1 is 1.23 bits per heavy atom. The highest BCUT2D eigenvalue weighted by Crippen LogP contribution is 2.44. The van der Waals surface area contributed by atoms with Gasteiger partial charge in [0, 0.05) is 18.0 Å². The normalized spacial score (nSPS) is 17.0. The molecular weight excluding hydrogens is 470 g/mol. The third-order valence-electron chi connectivity index (χ3n) is 5.57. The fraction of sp³-hybridized carbons (Fsp3) is 0.240. The number of benzene rings is 1. The number of aromatic nitrogens is 2. The van der Waals surface area contributed by atoms with Gasteiger partial charge in [0.25, 0.3) is 5.78 Å². The van der Waals surface area contributed by atoms with Crippen molar-refractivity contribution in [3.63, 3.8) is 0 Å². The number of ether oxygens (including phenoxy) is 2. The smallest absolute Gasteiger partial charge is 0.350 e. The van der Waals surface area contributed by atoms with E-state index in [-0.39, 0.29) is 27.9 Å². The molecule has 0 aliphatic carbocycles. The van der Waals surface area contributed by atoms with E-state index < -0.39 is 23.7 Å². The zero-order valence-electron chi connectivity index (χ0n) is 19.6. The number of hydrogen-bond acceptors (Lipinski definition) is 9. The molecule has 3 aromatic rings. The fourth-order valence-corrected chi connectivity index (χ4v) is 4.92. The van der Waals surface area contributed by atoms with E-state index in [1.54, 1.807) is 50.4 Å². The number of pyridine rings is 1. The molecular formula is C25H23N3O6S. The van der Waals surface area contributed by atoms with Gasteiger partial charge >= 0.3 is 11.9 Å². The van der Waals surface area contributed by atoms with Crippen LogP contribution < -0.4 is 9.64 Å². The van der Waals surface area contributed by atoms with Crippen LogP contribution in [0.2, 0.25) is 0 Å². The molecule has 4 rings (SSSR count). The molecule has 3 heterocycles. The number of carbonyl (C=O) groups is 3. The molecule has 1 atom stereocenters. The van der Waals surface area contributed by atoms with Gasteiger partial charge in [0.15, 0.2) is 5.13 Å². The molecule has 1 unspecified atom stereocenters. The van der Waals surface area contributed by atoms with E-state index in [1.807, 2.05) is 6.92 Å². The maximum absolute atomic E-state index is 13.3. The number of aliphatic hydroxyl groups excluding tert-OH is 1. The first kappa shape index (κ1) is 24.1. The van der Waals surface area contributed by atoms with Crippen LogP contribution in [0.5, 0.6) is 5.75 Å². The third-order valence-corrected chi connectivity index (χ3v) is 6.70. The van der Waals surface area contributed by atoms with E-state index >= 15 is 0 Å². The number of thiazole rings is 1. The summed E-state index contributed by atoms with van der Waals surface area (Å²) in [6, 6.07) is 7.34. The Labute approximate surface area is 205 Å². The lowest BCUT2D eigenvalue weighted by Gasteiger charge is -2.22. The van der Waals surface area contributed by atoms with Gasteiger partial charge in [0.2, 0.25) is 0 Å². The molecule has 0 spiro atoms. The average Bonchev–Trinajstić information content (AvgIpc) is 3.36. The van der Waals surface area contributed by atoms with Crippen molar-refractivity contribution in [2.24, 2.45) is 0 Å². The van der Waals surface area contributed by atoms with Gasteiger partial charge in [-0.15, -0.1) is 0 Å². The second kappa shape index (κ2) is 9.67. The molecule has 180 valence electrons. The highest BCUT2D eigenvalue weighted by Gasteiger charge is 2.48. The number of aryl methyl sites for hydroxylation is 2. The molecule has 1 fully saturated rings. The van der Waals surface area contributed by atoms with E-state index in [1.165, 1.54) is 18.2 Å². The summed E-state index contributed by atoms with van der Waals surface area (Å²) in [5.74, 6) is -2.00. The van der Waals surface area contributed by atoms with Crippen molar-refractivity contribution in [1.82, 2.24) is 9.97 Å². The first-order valence-electron chi connectivity index (χ1n) is 10.8. The lowest BCUT2D eigenvalue weighted by molar-refractivity contribution is -0.132. The number of nitrogens with zero attached hydrogens (tertiary/aromatic N) is 3. The summed E-state index contributed by atoms with van der Waals surface area (Å²) in [5.41, 5.74) is 1.89. The predicted molar refractivity (Wildman–Crippen MR) is 130 cm³/mol. The number of methoxy groups -OCH3 is 1. The standard InChI is InChI=1S/C25H23N3O6S/c1-5-34-24(32)22-14(3)27-25(35-22)28-19(16-7-6-10-26-12-16)18(21(30)23(28)31)20(29)15-8-9-17(33-4)13(2)11-15/h6-12,19,29H,5H2,1-4H3. The van der Waals surface area contributed by atoms with Crippen molar-refractivity contribution >= 4 is 39.9 Å². The summed E-state index contributed by atoms with van der Waals surface area (Å²) in [6.07, 6.45) is 3.08. The van der Waals surface area contributed by atoms with Gasteiger partial charge in [-0.05, 0) is 56.2 Å². The molecule has 0 bridgehead atoms. The lowest BCUT2D eigenvalue weighted by atomic mass is 9.96. The maximum Gasteiger partial charge on any atom is 0.350 e. The van der Waals surface area contributed by atoms with Crippen LogP contribution in [0.1, 0.15) is 45.0 Å². The zero-order valence-corrected chi connectivity index (χ0v) is 20.4. The molecule has 35 heavy (non-hydrogen) atoms. The Kier molecular flexibility index (Phi) is 6.65. The van der Waals surface area contributed by atoms with Gasteiger partial charge in [-0.25, -0.2) is 9.78 Å². The molecule has 1 aliphatic rings. The van der Waals surface area contributed by atoms with Gasteiger partial charge < -0.3 is 14.6 Å². The number of esters is 1. The molecule has 1 saturated heterocycles. The third kappa shape index (κ3) is 4.28. The van der Waals surface area contributed by atoms with Gasteiger partial charge in [0.05, 0.1) is 31.0 Å². The highest BCUT2D eigenvalue weighted by molar-refractivity contribution is 7.17. The van der Waals surface area contributed by atoms with Crippen molar-refractivity contribution in [3.8, 4) is 5.75 Å². The van der Waals surface area contributed by atoms with E-state index in [0.29, 0.717) is 22.6 Å². The SMILES string of the molecule is CCOC(=O)c1sc(N2C(=O)C(=O)C(=C(O)c3ccc(OC)c(C)c3)C2c2cccnc2)nc1C. The summed E-state index contributed by atoms with van der Waals surface area (Å²) in [6.45, 7) is 5.31. The molecule has 0 saturated carbocycles. The van der Waals surface area contributed by atoms with Crippen molar-refractivity contribution in [3.05, 3.63) is 75.6 Å². The number of hydrogen-bond donors (Lipinski definition) is 1. The molecule has 1 N–H and O–H groups in total. The van der Waals surface area contributed by atoms with Crippen LogP contribution in [0.15, 0.2) is 48.3 Å². The highest BCUT2D eigenvalue weighted by atomic mass is 32.1. The molecule has 1 aliphatic heterocycles. The van der Waals surface area contributed by atoms with Crippen LogP contribution in [-0.4, -0.2) is 46.5 Å². The summed E-state index contributed by atoms with van der Waals surface area (Å²) in [5, 5.41) is 11.4. The van der Waals surface area contributed by atoms with Crippen LogP contribution in [0.25, 0.3) is 5.76 Å². The van der Waals surface area contributed by atoms with Crippen molar-refractivity contribution in [1.29, 1.82) is 0 Å². The summed E-state index contributed by atoms with van der Waals surface area (Å²) >= 11 is 0.952. The summed E-state index contributed by atoms with van der Waals surface area (Å²) in [4.78, 5) is 48.8. The topological polar surface area (TPSA) is 119 Å². The zero-order chi connectivity index (χ0) is 25.3. The molecule has 10 heteroatoms. The number of anilines is 1. The molecule has 9 nitrogen and oxygen atoms in total. The van der Waals surface area contributed by atoms with Crippen molar-refractivity contribution in [2.75, 3.05) is 18.6 Å². The Bertz CT molecular complexity index is 1350. The Balaban J connectivity index is 1.89. The van der Waals surface area contributed by atoms with E-state index in [0.717, 1.165) is 16.9 Å². The minimum atomic E-state index is -0.994. The quantitative estimate of drug-likeness (QED) is 0.237. The number of carbonyl (C=O) groups excluding carboxylic acids is 3. The van der Waals surface area contributed by atoms with Crippen molar-refractivity contribution in [2.45, 2.75) is 26.8 Å². The van der Waals surface area contributed by atoms with Crippen LogP contribution in [0, 0.1) is 13.8 Å². The number of ketones is 1. The summed E-state index contributed by atoms with van der Waals surface area (Å²) in [7, 11) is 1.54. The van der Waals surface area contributed by atoms with Gasteiger partial charge in [-0.3, -0.25) is 19.5 Å². The van der Waals surface area contributed by atoms with Crippen LogP contribution in [-0.2, 0) is 14.3 Å². The minimum Gasteiger partial charge on any atom is -0.507 e. The summed E-state index contributed by atoms with van der Waals surface area (Å²) < 4.78 is 10.4. The van der Waals surface area contributed by atoms with Crippen LogP contribution in [0.4, 0.5) is 5.13 Å². The lowest BCUT2D eigenvalue weighted by Crippen LogP contribution is -2.29. The Morgan fingerprint density at radius 3 is 2.63 bits per heavy atom. The number of rotatable bonds is 6. The largest absolute Gasteiger partial charge is 0.507 e. The fourth-order valence-electron chi connectivity index (χ4n) is 3.94. The number of amides is 1. The monoisotopic (exact) mass is 493 g/mol. The second-order valence-electron chi connectivity index (χ2n) is 7.77. The molecule has 0 radical (unpaired) electrons. The van der Waals surface area contributed by atoms with Crippen LogP contribution >= 0.6 is 11.3 Å². The van der Waals surface area contributed by atoms with E-state index in [2.05, 4.69) is 9.97 Å². The first-order valence-corrected chi connectivity index (χ1v) is 11.6. The molecule has 2 aromatic heterocycles. The number of Topliss-reactive ketones (excluding diaryl/α,β-unsaturated/α-hetero) is 1. The minimum absolute atomic E-state index is 0.0990. The average molecular weight is 494 g/mol. The van der Waals surface area contributed by atoms with Crippen molar-refractivity contribution < 1.29 is 29.0 Å². The maximum atomic E-state index is 13.3. The molecule has 1 aromatic carbocycles. The van der Waals surface area contributed by atoms with Gasteiger partial charge in [0.1, 0.15) is 16.4 Å². The van der Waals surface area contributed by atoms with E-state index in [9.17, 15) is 19.5 Å². The molecule has 1 amide bonds. The van der Waals surface area contributed by atoms with E-state index in [4.69, 9.17) is 9.47 Å². The second-order valence-corrected chi connectivity index (χ2v) is 8.75. The van der Waals surface area contributed by atoms with Gasteiger partial charge in [-0.2, -0.15) is 0 Å². The van der Waals surface area contributed by atoms with Crippen LogP contribution in [0.3, 0.4) is 0 Å². The van der Waals surface area contributed by atoms with Gasteiger partial charge in [-0.1, -0.05) is 17.4 Å². The first-order chi connectivity index (χ1) is 16.8. The predicted octanol–water partition coefficient (Wildman–Crippen LogP) is 3.97.